The van der Waals surface area contributed by atoms with Crippen molar-refractivity contribution in [3.8, 4) is 34.3 Å². The molecular weight excluding hydrogens is 897 g/mol. The number of amides is 2. The standard InChI is InChI=1S/C24H31BClN3O4.C19H21BClNO4.C5H10N2O/c1-23(2)24(3,4)33-25(32-23)18-8-6-7-17(21(18)26)19-11-9-15(22(29-19)31-5)13-27-14-16-10-12-20(30)28-16;1-18(2)19(3,4)26-20(25-18)14-8-6-7-13(16(14)21)15-10-9-12(11-23)17(22-15)24-5;6-3-4-1-2-5(8)7-4/h6-9,11,16,27H,10,12-14H2,1-5H3,(H,28,30);6-11H,1-5H3;4H,1-3,6H2,(H,7,8)/t16-;;4-/m1.0/s1. The van der Waals surface area contributed by atoms with Crippen molar-refractivity contribution in [3.05, 3.63) is 81.8 Å². The van der Waals surface area contributed by atoms with Gasteiger partial charge in [-0.1, -0.05) is 65.7 Å². The van der Waals surface area contributed by atoms with Crippen LogP contribution in [0.3, 0.4) is 0 Å². The van der Waals surface area contributed by atoms with Gasteiger partial charge in [0, 0.05) is 82.2 Å². The second-order valence-corrected chi connectivity index (χ2v) is 19.6. The predicted octanol–water partition coefficient (Wildman–Crippen LogP) is 5.82. The van der Waals surface area contributed by atoms with Crippen LogP contribution < -0.4 is 42.1 Å². The fourth-order valence-electron chi connectivity index (χ4n) is 7.65. The van der Waals surface area contributed by atoms with Gasteiger partial charge in [-0.25, -0.2) is 9.97 Å². The molecule has 4 aromatic rings. The van der Waals surface area contributed by atoms with Gasteiger partial charge in [0.25, 0.3) is 0 Å². The van der Waals surface area contributed by atoms with Gasteiger partial charge in [-0.05, 0) is 86.4 Å². The number of carbonyl (C=O) groups excluding carboxylic acids is 3. The summed E-state index contributed by atoms with van der Waals surface area (Å²) in [6, 6.07) is 19.1. The number of hydrogen-bond donors (Lipinski definition) is 4. The minimum absolute atomic E-state index is 0.116. The van der Waals surface area contributed by atoms with Crippen molar-refractivity contribution in [1.82, 2.24) is 25.9 Å². The molecule has 2 aromatic heterocycles. The van der Waals surface area contributed by atoms with Gasteiger partial charge in [0.2, 0.25) is 23.6 Å². The molecular formula is C48H62B2Cl2N6O9. The number of nitrogens with zero attached hydrogens (tertiary/aromatic N) is 2. The number of nitrogens with two attached hydrogens (primary N) is 1. The zero-order chi connectivity index (χ0) is 48.9. The normalized spacial score (nSPS) is 20.9. The Morgan fingerprint density at radius 1 is 0.701 bits per heavy atom. The van der Waals surface area contributed by atoms with E-state index in [0.717, 1.165) is 40.5 Å². The van der Waals surface area contributed by atoms with Gasteiger partial charge in [0.05, 0.1) is 53.6 Å². The van der Waals surface area contributed by atoms with Crippen molar-refractivity contribution in [2.45, 2.75) is 122 Å². The fourth-order valence-corrected chi connectivity index (χ4v) is 8.27. The van der Waals surface area contributed by atoms with E-state index < -0.39 is 36.6 Å². The molecule has 4 fully saturated rings. The number of hydrogen-bond acceptors (Lipinski definition) is 13. The van der Waals surface area contributed by atoms with Crippen LogP contribution in [0.15, 0.2) is 60.7 Å². The number of aldehydes is 1. The number of halogens is 2. The van der Waals surface area contributed by atoms with Crippen molar-refractivity contribution in [1.29, 1.82) is 0 Å². The molecule has 0 radical (unpaired) electrons. The molecule has 358 valence electrons. The summed E-state index contributed by atoms with van der Waals surface area (Å²) in [5.41, 5.74) is 9.13. The molecule has 0 spiro atoms. The van der Waals surface area contributed by atoms with Gasteiger partial charge in [-0.2, -0.15) is 0 Å². The molecule has 67 heavy (non-hydrogen) atoms. The second kappa shape index (κ2) is 21.4. The zero-order valence-corrected chi connectivity index (χ0v) is 41.5. The first-order valence-electron chi connectivity index (χ1n) is 22.5. The molecule has 8 rings (SSSR count). The summed E-state index contributed by atoms with van der Waals surface area (Å²) in [6.07, 6.45) is 3.73. The molecule has 6 heterocycles. The third-order valence-electron chi connectivity index (χ3n) is 13.1. The topological polar surface area (TPSA) is 194 Å². The first kappa shape index (κ1) is 51.8. The summed E-state index contributed by atoms with van der Waals surface area (Å²) in [4.78, 5) is 42.0. The molecule has 4 aliphatic rings. The smallest absolute Gasteiger partial charge is 0.481 e. The maximum Gasteiger partial charge on any atom is 0.496 e. The Balaban J connectivity index is 0.000000193. The third kappa shape index (κ3) is 11.8. The number of benzene rings is 2. The molecule has 0 aliphatic carbocycles. The fraction of sp³-hybridized carbons (Fsp3) is 0.479. The number of methoxy groups -OCH3 is 2. The van der Waals surface area contributed by atoms with Crippen molar-refractivity contribution < 1.29 is 42.5 Å². The van der Waals surface area contributed by atoms with E-state index in [9.17, 15) is 14.4 Å². The SMILES string of the molecule is COc1nc(-c2cccc(B3OC(C)(C)C(C)(C)O3)c2Cl)ccc1C=O.COc1nc(-c2cccc(B3OC(C)(C)C(C)(C)O3)c2Cl)ccc1CNC[C@H]1CCC(=O)N1.NC[C@@H]1CCC(=O)N1. The van der Waals surface area contributed by atoms with Gasteiger partial charge in [-0.3, -0.25) is 14.4 Å². The van der Waals surface area contributed by atoms with Gasteiger partial charge in [-0.15, -0.1) is 0 Å². The zero-order valence-electron chi connectivity index (χ0n) is 40.0. The molecule has 5 N–H and O–H groups in total. The Labute approximate surface area is 404 Å². The van der Waals surface area contributed by atoms with Gasteiger partial charge >= 0.3 is 14.2 Å². The summed E-state index contributed by atoms with van der Waals surface area (Å²) >= 11 is 13.5. The largest absolute Gasteiger partial charge is 0.496 e. The lowest BCUT2D eigenvalue weighted by molar-refractivity contribution is -0.120. The molecule has 2 amide bonds. The van der Waals surface area contributed by atoms with E-state index in [2.05, 4.69) is 20.9 Å². The number of ether oxygens (including phenoxy) is 2. The lowest BCUT2D eigenvalue weighted by Gasteiger charge is -2.32. The van der Waals surface area contributed by atoms with Crippen LogP contribution in [-0.4, -0.2) is 104 Å². The minimum Gasteiger partial charge on any atom is -0.481 e. The average Bonchev–Trinajstić information content (AvgIpc) is 4.02. The lowest BCUT2D eigenvalue weighted by Crippen LogP contribution is -2.41. The van der Waals surface area contributed by atoms with Crippen LogP contribution in [0, 0.1) is 0 Å². The summed E-state index contributed by atoms with van der Waals surface area (Å²) in [6.45, 7) is 17.9. The number of pyridine rings is 2. The van der Waals surface area contributed by atoms with Crippen LogP contribution in [0.2, 0.25) is 10.0 Å². The molecule has 2 atom stereocenters. The van der Waals surface area contributed by atoms with E-state index in [0.29, 0.717) is 71.6 Å². The maximum atomic E-state index is 11.4. The van der Waals surface area contributed by atoms with Crippen LogP contribution in [0.5, 0.6) is 11.8 Å². The van der Waals surface area contributed by atoms with Crippen LogP contribution in [-0.2, 0) is 34.8 Å². The first-order valence-corrected chi connectivity index (χ1v) is 23.2. The van der Waals surface area contributed by atoms with E-state index in [4.69, 9.17) is 62.0 Å². The van der Waals surface area contributed by atoms with Crippen molar-refractivity contribution in [2.24, 2.45) is 5.73 Å². The van der Waals surface area contributed by atoms with E-state index in [-0.39, 0.29) is 29.8 Å². The van der Waals surface area contributed by atoms with Crippen LogP contribution in [0.1, 0.15) is 97.0 Å². The highest BCUT2D eigenvalue weighted by Crippen LogP contribution is 2.40. The van der Waals surface area contributed by atoms with Gasteiger partial charge in [0.1, 0.15) is 0 Å². The highest BCUT2D eigenvalue weighted by Gasteiger charge is 2.53. The van der Waals surface area contributed by atoms with E-state index >= 15 is 0 Å². The minimum atomic E-state index is -0.566. The average molecular weight is 960 g/mol. The van der Waals surface area contributed by atoms with Crippen molar-refractivity contribution in [2.75, 3.05) is 27.3 Å². The van der Waals surface area contributed by atoms with Crippen LogP contribution in [0.25, 0.3) is 22.5 Å². The Morgan fingerprint density at radius 3 is 1.55 bits per heavy atom. The molecule has 0 bridgehead atoms. The Bertz CT molecular complexity index is 2410. The lowest BCUT2D eigenvalue weighted by atomic mass is 9.78. The Kier molecular flexibility index (Phi) is 16.5. The Morgan fingerprint density at radius 2 is 1.15 bits per heavy atom. The van der Waals surface area contributed by atoms with Gasteiger partial charge in [0.15, 0.2) is 6.29 Å². The quantitative estimate of drug-likeness (QED) is 0.0981. The van der Waals surface area contributed by atoms with Crippen molar-refractivity contribution in [3.63, 3.8) is 0 Å². The molecule has 0 saturated carbocycles. The highest BCUT2D eigenvalue weighted by atomic mass is 35.5. The summed E-state index contributed by atoms with van der Waals surface area (Å²) in [5.74, 6) is 1.05. The number of rotatable bonds is 12. The molecule has 2 aromatic carbocycles. The second-order valence-electron chi connectivity index (χ2n) is 18.8. The number of aromatic nitrogens is 2. The summed E-state index contributed by atoms with van der Waals surface area (Å²) in [7, 11) is 1.96. The molecule has 19 heteroatoms. The molecule has 4 aliphatic heterocycles. The molecule has 0 unspecified atom stereocenters. The van der Waals surface area contributed by atoms with Crippen LogP contribution in [0.4, 0.5) is 0 Å². The monoisotopic (exact) mass is 958 g/mol. The highest BCUT2D eigenvalue weighted by molar-refractivity contribution is 6.66. The summed E-state index contributed by atoms with van der Waals surface area (Å²) in [5, 5.41) is 10.1. The van der Waals surface area contributed by atoms with E-state index in [1.165, 1.54) is 7.11 Å². The van der Waals surface area contributed by atoms with Crippen molar-refractivity contribution >= 4 is 66.5 Å². The van der Waals surface area contributed by atoms with E-state index in [1.807, 2.05) is 104 Å². The molecule has 4 saturated heterocycles. The predicted molar refractivity (Wildman–Crippen MR) is 262 cm³/mol. The number of carbonyl (C=O) groups is 3. The third-order valence-corrected chi connectivity index (χ3v) is 14.0. The molecule has 15 nitrogen and oxygen atoms in total. The van der Waals surface area contributed by atoms with Crippen LogP contribution >= 0.6 is 23.2 Å². The van der Waals surface area contributed by atoms with Gasteiger partial charge < -0.3 is 49.8 Å². The first-order chi connectivity index (χ1) is 31.6. The Hall–Kier alpha value is -4.58. The maximum absolute atomic E-state index is 11.4. The summed E-state index contributed by atoms with van der Waals surface area (Å²) < 4.78 is 35.3. The van der Waals surface area contributed by atoms with E-state index in [1.54, 1.807) is 19.2 Å². The number of nitrogens with one attached hydrogen (secondary N) is 3.